The first kappa shape index (κ1) is 13.7. The molecule has 0 fully saturated rings. The molecule has 1 aromatic carbocycles. The van der Waals surface area contributed by atoms with Crippen molar-refractivity contribution in [2.75, 3.05) is 0 Å². The van der Waals surface area contributed by atoms with Gasteiger partial charge < -0.3 is 14.3 Å². The molecule has 5 heteroatoms. The lowest BCUT2D eigenvalue weighted by Gasteiger charge is -2.07. The molecule has 19 heavy (non-hydrogen) atoms. The lowest BCUT2D eigenvalue weighted by Crippen LogP contribution is -1.96. The number of halogens is 1. The maximum Gasteiger partial charge on any atom is 0.339 e. The van der Waals surface area contributed by atoms with Gasteiger partial charge in [-0.2, -0.15) is 0 Å². The zero-order valence-electron chi connectivity index (χ0n) is 10.6. The average Bonchev–Trinajstić information content (AvgIpc) is 2.69. The van der Waals surface area contributed by atoms with E-state index in [-0.39, 0.29) is 12.2 Å². The van der Waals surface area contributed by atoms with Crippen LogP contribution < -0.4 is 4.74 Å². The van der Waals surface area contributed by atoms with Gasteiger partial charge in [0.1, 0.15) is 29.4 Å². The second-order valence-corrected chi connectivity index (χ2v) is 5.06. The zero-order valence-corrected chi connectivity index (χ0v) is 12.2. The van der Waals surface area contributed by atoms with Gasteiger partial charge in [0.15, 0.2) is 0 Å². The van der Waals surface area contributed by atoms with E-state index in [2.05, 4.69) is 15.9 Å². The number of carboxylic acid groups (broad SMARTS) is 1. The van der Waals surface area contributed by atoms with Crippen molar-refractivity contribution in [3.05, 3.63) is 51.4 Å². The maximum absolute atomic E-state index is 10.9. The van der Waals surface area contributed by atoms with E-state index in [0.717, 1.165) is 10.0 Å². The van der Waals surface area contributed by atoms with E-state index in [1.807, 2.05) is 25.1 Å². The number of hydrogen-bond acceptors (Lipinski definition) is 3. The highest BCUT2D eigenvalue weighted by Crippen LogP contribution is 2.27. The van der Waals surface area contributed by atoms with Gasteiger partial charge >= 0.3 is 5.97 Å². The average molecular weight is 325 g/mol. The number of rotatable bonds is 4. The molecule has 100 valence electrons. The van der Waals surface area contributed by atoms with Crippen molar-refractivity contribution in [1.82, 2.24) is 0 Å². The maximum atomic E-state index is 10.9. The minimum atomic E-state index is -0.996. The molecule has 0 atom stereocenters. The van der Waals surface area contributed by atoms with Crippen molar-refractivity contribution in [2.24, 2.45) is 0 Å². The highest BCUT2D eigenvalue weighted by atomic mass is 79.9. The Balaban J connectivity index is 2.10. The van der Waals surface area contributed by atoms with E-state index < -0.39 is 5.97 Å². The predicted octanol–water partition coefficient (Wildman–Crippen LogP) is 3.94. The normalized spacial score (nSPS) is 10.5. The third-order valence-corrected chi connectivity index (χ3v) is 3.28. The van der Waals surface area contributed by atoms with E-state index in [1.165, 1.54) is 6.07 Å². The van der Waals surface area contributed by atoms with Crippen LogP contribution in [0.25, 0.3) is 0 Å². The Labute approximate surface area is 119 Å². The van der Waals surface area contributed by atoms with Gasteiger partial charge in [0.25, 0.3) is 0 Å². The summed E-state index contributed by atoms with van der Waals surface area (Å²) < 4.78 is 11.8. The first-order valence-electron chi connectivity index (χ1n) is 5.69. The van der Waals surface area contributed by atoms with Crippen LogP contribution in [0.15, 0.2) is 33.2 Å². The van der Waals surface area contributed by atoms with Gasteiger partial charge in [0.05, 0.1) is 4.47 Å². The number of carbonyl (C=O) groups is 1. The quantitative estimate of drug-likeness (QED) is 0.925. The molecule has 0 saturated carbocycles. The zero-order chi connectivity index (χ0) is 14.0. The standard InChI is InChI=1S/C14H13BrO4/c1-8-3-4-13(12(15)5-8)18-7-10-6-11(14(16)17)9(2)19-10/h3-6H,7H2,1-2H3,(H,16,17). The smallest absolute Gasteiger partial charge is 0.339 e. The van der Waals surface area contributed by atoms with Crippen LogP contribution in [-0.2, 0) is 6.61 Å². The summed E-state index contributed by atoms with van der Waals surface area (Å²) in [5.41, 5.74) is 1.29. The van der Waals surface area contributed by atoms with E-state index in [0.29, 0.717) is 17.3 Å². The third kappa shape index (κ3) is 3.17. The Hall–Kier alpha value is -1.75. The molecular formula is C14H13BrO4. The first-order chi connectivity index (χ1) is 8.97. The molecule has 0 aliphatic heterocycles. The summed E-state index contributed by atoms with van der Waals surface area (Å²) in [6.45, 7) is 3.80. The van der Waals surface area contributed by atoms with Crippen LogP contribution in [-0.4, -0.2) is 11.1 Å². The van der Waals surface area contributed by atoms with Gasteiger partial charge in [-0.15, -0.1) is 0 Å². The van der Waals surface area contributed by atoms with Crippen LogP contribution >= 0.6 is 15.9 Å². The van der Waals surface area contributed by atoms with E-state index in [9.17, 15) is 4.79 Å². The van der Waals surface area contributed by atoms with Crippen LogP contribution in [0.4, 0.5) is 0 Å². The van der Waals surface area contributed by atoms with E-state index in [1.54, 1.807) is 6.92 Å². The van der Waals surface area contributed by atoms with E-state index in [4.69, 9.17) is 14.3 Å². The number of furan rings is 1. The predicted molar refractivity (Wildman–Crippen MR) is 73.6 cm³/mol. The SMILES string of the molecule is Cc1ccc(OCc2cc(C(=O)O)c(C)o2)c(Br)c1. The number of aromatic carboxylic acids is 1. The molecule has 2 aromatic rings. The van der Waals surface area contributed by atoms with Crippen LogP contribution in [0.5, 0.6) is 5.75 Å². The van der Waals surface area contributed by atoms with Crippen molar-refractivity contribution in [3.8, 4) is 5.75 Å². The van der Waals surface area contributed by atoms with Gasteiger partial charge in [0, 0.05) is 0 Å². The second-order valence-electron chi connectivity index (χ2n) is 4.21. The molecule has 1 heterocycles. The summed E-state index contributed by atoms with van der Waals surface area (Å²) in [4.78, 5) is 10.9. The Morgan fingerprint density at radius 3 is 2.68 bits per heavy atom. The van der Waals surface area contributed by atoms with Crippen LogP contribution in [0.2, 0.25) is 0 Å². The Kier molecular flexibility index (Phi) is 3.95. The molecule has 0 bridgehead atoms. The lowest BCUT2D eigenvalue weighted by molar-refractivity contribution is 0.0695. The van der Waals surface area contributed by atoms with Gasteiger partial charge in [-0.3, -0.25) is 0 Å². The third-order valence-electron chi connectivity index (χ3n) is 2.66. The molecule has 0 unspecified atom stereocenters. The Morgan fingerprint density at radius 2 is 2.11 bits per heavy atom. The fourth-order valence-electron chi connectivity index (χ4n) is 1.70. The van der Waals surface area contributed by atoms with Gasteiger partial charge in [-0.1, -0.05) is 6.07 Å². The summed E-state index contributed by atoms with van der Waals surface area (Å²) in [5, 5.41) is 8.93. The molecule has 1 aromatic heterocycles. The Bertz CT molecular complexity index is 616. The molecule has 1 N–H and O–H groups in total. The summed E-state index contributed by atoms with van der Waals surface area (Å²) in [6, 6.07) is 7.23. The second kappa shape index (κ2) is 5.48. The molecule has 0 saturated heterocycles. The van der Waals surface area contributed by atoms with Crippen molar-refractivity contribution in [3.63, 3.8) is 0 Å². The molecule has 0 radical (unpaired) electrons. The van der Waals surface area contributed by atoms with Crippen molar-refractivity contribution in [2.45, 2.75) is 20.5 Å². The van der Waals surface area contributed by atoms with Crippen LogP contribution in [0, 0.1) is 13.8 Å². The van der Waals surface area contributed by atoms with Crippen molar-refractivity contribution in [1.29, 1.82) is 0 Å². The Morgan fingerprint density at radius 1 is 1.37 bits per heavy atom. The highest BCUT2D eigenvalue weighted by Gasteiger charge is 2.14. The minimum Gasteiger partial charge on any atom is -0.484 e. The number of aryl methyl sites for hydroxylation is 2. The molecule has 2 rings (SSSR count). The summed E-state index contributed by atoms with van der Waals surface area (Å²) in [6.07, 6.45) is 0. The van der Waals surface area contributed by atoms with Gasteiger partial charge in [0.2, 0.25) is 0 Å². The van der Waals surface area contributed by atoms with Gasteiger partial charge in [-0.25, -0.2) is 4.79 Å². The fourth-order valence-corrected chi connectivity index (χ4v) is 2.31. The fraction of sp³-hybridized carbons (Fsp3) is 0.214. The van der Waals surface area contributed by atoms with Crippen molar-refractivity contribution < 1.29 is 19.1 Å². The molecule has 0 amide bonds. The van der Waals surface area contributed by atoms with Gasteiger partial charge in [-0.05, 0) is 53.5 Å². The highest BCUT2D eigenvalue weighted by molar-refractivity contribution is 9.10. The topological polar surface area (TPSA) is 59.7 Å². The first-order valence-corrected chi connectivity index (χ1v) is 6.48. The summed E-state index contributed by atoms with van der Waals surface area (Å²) in [5.74, 6) is 0.567. The number of carboxylic acids is 1. The van der Waals surface area contributed by atoms with Crippen LogP contribution in [0.3, 0.4) is 0 Å². The molecular weight excluding hydrogens is 312 g/mol. The van der Waals surface area contributed by atoms with E-state index >= 15 is 0 Å². The minimum absolute atomic E-state index is 0.168. The number of benzene rings is 1. The summed E-state index contributed by atoms with van der Waals surface area (Å²) in [7, 11) is 0. The lowest BCUT2D eigenvalue weighted by atomic mass is 10.2. The number of hydrogen-bond donors (Lipinski definition) is 1. The van der Waals surface area contributed by atoms with Crippen molar-refractivity contribution >= 4 is 21.9 Å². The molecule has 0 aliphatic rings. The van der Waals surface area contributed by atoms with Crippen LogP contribution in [0.1, 0.15) is 27.4 Å². The number of ether oxygens (including phenoxy) is 1. The summed E-state index contributed by atoms with van der Waals surface area (Å²) >= 11 is 3.41. The largest absolute Gasteiger partial charge is 0.484 e. The molecule has 4 nitrogen and oxygen atoms in total. The molecule has 0 aliphatic carbocycles. The molecule has 0 spiro atoms. The monoisotopic (exact) mass is 324 g/mol.